The van der Waals surface area contributed by atoms with Crippen LogP contribution in [0, 0.1) is 5.41 Å². The maximum Gasteiger partial charge on any atom is 0.261 e. The van der Waals surface area contributed by atoms with Crippen molar-refractivity contribution >= 4 is 18.7 Å². The Morgan fingerprint density at radius 1 is 0.774 bits per heavy atom. The van der Waals surface area contributed by atoms with Gasteiger partial charge in [-0.15, -0.1) is 0 Å². The Hall–Kier alpha value is -2.20. The lowest BCUT2D eigenvalue weighted by molar-refractivity contribution is 0.216. The van der Waals surface area contributed by atoms with Gasteiger partial charge in [-0.2, -0.15) is 0 Å². The average molecular weight is 430 g/mol. The molecule has 0 saturated heterocycles. The third-order valence-electron chi connectivity index (χ3n) is 6.64. The van der Waals surface area contributed by atoms with Gasteiger partial charge in [-0.05, 0) is 33.8 Å². The standard InChI is InChI=1S/C28H35NOSi/c1-27(2,3)31(25-15-9-5-10-16-25,26-17-11-6-12-18-26)30-23-28(19-20-28)22-29-21-24-13-7-4-8-14-24/h4-18,29H,19-23H2,1-3H3. The first-order chi connectivity index (χ1) is 15.0. The van der Waals surface area contributed by atoms with E-state index >= 15 is 0 Å². The van der Waals surface area contributed by atoms with Gasteiger partial charge in [-0.3, -0.25) is 0 Å². The molecule has 3 heteroatoms. The third kappa shape index (κ3) is 4.84. The summed E-state index contributed by atoms with van der Waals surface area (Å²) in [6.07, 6.45) is 2.49. The minimum Gasteiger partial charge on any atom is -0.407 e. The van der Waals surface area contributed by atoms with Crippen molar-refractivity contribution in [1.82, 2.24) is 5.32 Å². The highest BCUT2D eigenvalue weighted by Crippen LogP contribution is 2.47. The van der Waals surface area contributed by atoms with Crippen molar-refractivity contribution in [2.24, 2.45) is 5.41 Å². The largest absolute Gasteiger partial charge is 0.407 e. The first-order valence-corrected chi connectivity index (χ1v) is 13.4. The zero-order chi connectivity index (χ0) is 21.8. The molecule has 2 nitrogen and oxygen atoms in total. The summed E-state index contributed by atoms with van der Waals surface area (Å²) < 4.78 is 7.20. The van der Waals surface area contributed by atoms with Crippen molar-refractivity contribution in [3.63, 3.8) is 0 Å². The molecule has 0 aliphatic heterocycles. The van der Waals surface area contributed by atoms with Crippen LogP contribution in [0.3, 0.4) is 0 Å². The Morgan fingerprint density at radius 3 is 1.71 bits per heavy atom. The zero-order valence-electron chi connectivity index (χ0n) is 19.1. The summed E-state index contributed by atoms with van der Waals surface area (Å²) in [7, 11) is -2.45. The van der Waals surface area contributed by atoms with Crippen LogP contribution in [0.25, 0.3) is 0 Å². The van der Waals surface area contributed by atoms with Gasteiger partial charge in [0.2, 0.25) is 0 Å². The lowest BCUT2D eigenvalue weighted by Crippen LogP contribution is -2.67. The van der Waals surface area contributed by atoms with Crippen LogP contribution in [0.2, 0.25) is 5.04 Å². The van der Waals surface area contributed by atoms with Crippen LogP contribution in [0.4, 0.5) is 0 Å². The molecule has 0 amide bonds. The van der Waals surface area contributed by atoms with Crippen molar-refractivity contribution < 1.29 is 4.43 Å². The molecule has 0 unspecified atom stereocenters. The van der Waals surface area contributed by atoms with E-state index in [0.29, 0.717) is 0 Å². The summed E-state index contributed by atoms with van der Waals surface area (Å²) in [6, 6.07) is 32.6. The number of rotatable bonds is 9. The SMILES string of the molecule is CC(C)(C)[Si](OCC1(CNCc2ccccc2)CC1)(c1ccccc1)c1ccccc1. The lowest BCUT2D eigenvalue weighted by atomic mass is 10.1. The molecule has 1 fully saturated rings. The summed E-state index contributed by atoms with van der Waals surface area (Å²) >= 11 is 0. The van der Waals surface area contributed by atoms with E-state index in [0.717, 1.165) is 19.7 Å². The van der Waals surface area contributed by atoms with Crippen LogP contribution in [-0.4, -0.2) is 21.5 Å². The van der Waals surface area contributed by atoms with Gasteiger partial charge in [0, 0.05) is 25.1 Å². The molecule has 3 aromatic rings. The van der Waals surface area contributed by atoms with Gasteiger partial charge in [0.05, 0.1) is 0 Å². The van der Waals surface area contributed by atoms with E-state index in [1.807, 2.05) is 0 Å². The van der Waals surface area contributed by atoms with E-state index < -0.39 is 8.32 Å². The van der Waals surface area contributed by atoms with Crippen molar-refractivity contribution in [3.05, 3.63) is 96.6 Å². The zero-order valence-corrected chi connectivity index (χ0v) is 20.1. The highest BCUT2D eigenvalue weighted by Gasteiger charge is 2.53. The second kappa shape index (κ2) is 9.11. The van der Waals surface area contributed by atoms with E-state index in [4.69, 9.17) is 4.43 Å². The number of benzene rings is 3. The van der Waals surface area contributed by atoms with Gasteiger partial charge in [-0.1, -0.05) is 112 Å². The van der Waals surface area contributed by atoms with E-state index in [1.165, 1.54) is 28.8 Å². The number of hydrogen-bond acceptors (Lipinski definition) is 2. The normalized spacial score (nSPS) is 15.6. The minimum absolute atomic E-state index is 0.0310. The Labute approximate surface area is 188 Å². The van der Waals surface area contributed by atoms with Gasteiger partial charge in [0.15, 0.2) is 0 Å². The molecule has 0 bridgehead atoms. The quantitative estimate of drug-likeness (QED) is 0.476. The van der Waals surface area contributed by atoms with Crippen LogP contribution in [0.15, 0.2) is 91.0 Å². The molecule has 31 heavy (non-hydrogen) atoms. The molecule has 3 aromatic carbocycles. The number of nitrogens with one attached hydrogen (secondary N) is 1. The van der Waals surface area contributed by atoms with E-state index in [9.17, 15) is 0 Å². The maximum absolute atomic E-state index is 7.20. The summed E-state index contributed by atoms with van der Waals surface area (Å²) in [5.74, 6) is 0. The fourth-order valence-corrected chi connectivity index (χ4v) is 9.32. The topological polar surface area (TPSA) is 21.3 Å². The fraction of sp³-hybridized carbons (Fsp3) is 0.357. The van der Waals surface area contributed by atoms with E-state index in [2.05, 4.69) is 117 Å². The second-order valence-electron chi connectivity index (χ2n) is 10.0. The average Bonchev–Trinajstić information content (AvgIpc) is 3.55. The predicted octanol–water partition coefficient (Wildman–Crippen LogP) is 5.13. The lowest BCUT2D eigenvalue weighted by Gasteiger charge is -2.44. The molecule has 1 N–H and O–H groups in total. The highest BCUT2D eigenvalue weighted by molar-refractivity contribution is 6.99. The molecular weight excluding hydrogens is 394 g/mol. The predicted molar refractivity (Wildman–Crippen MR) is 133 cm³/mol. The molecule has 1 aliphatic carbocycles. The Morgan fingerprint density at radius 2 is 1.26 bits per heavy atom. The fourth-order valence-electron chi connectivity index (χ4n) is 4.64. The molecule has 0 radical (unpaired) electrons. The first kappa shape index (κ1) is 22.0. The second-order valence-corrected chi connectivity index (χ2v) is 14.3. The molecule has 0 heterocycles. The summed E-state index contributed by atoms with van der Waals surface area (Å²) in [4.78, 5) is 0. The molecule has 4 rings (SSSR count). The van der Waals surface area contributed by atoms with Gasteiger partial charge in [0.1, 0.15) is 0 Å². The van der Waals surface area contributed by atoms with Crippen molar-refractivity contribution in [2.75, 3.05) is 13.2 Å². The Balaban J connectivity index is 1.55. The monoisotopic (exact) mass is 429 g/mol. The molecule has 1 saturated carbocycles. The Bertz CT molecular complexity index is 907. The molecular formula is C28H35NOSi. The minimum atomic E-state index is -2.45. The number of hydrogen-bond donors (Lipinski definition) is 1. The van der Waals surface area contributed by atoms with Gasteiger partial charge >= 0.3 is 0 Å². The van der Waals surface area contributed by atoms with Gasteiger partial charge in [-0.25, -0.2) is 0 Å². The van der Waals surface area contributed by atoms with Crippen LogP contribution in [0.5, 0.6) is 0 Å². The van der Waals surface area contributed by atoms with Crippen LogP contribution in [-0.2, 0) is 11.0 Å². The van der Waals surface area contributed by atoms with Crippen molar-refractivity contribution in [1.29, 1.82) is 0 Å². The van der Waals surface area contributed by atoms with Crippen LogP contribution in [0.1, 0.15) is 39.2 Å². The van der Waals surface area contributed by atoms with Gasteiger partial charge < -0.3 is 9.74 Å². The molecule has 1 aliphatic rings. The summed E-state index contributed by atoms with van der Waals surface area (Å²) in [5, 5.41) is 6.45. The van der Waals surface area contributed by atoms with Crippen LogP contribution < -0.4 is 15.7 Å². The van der Waals surface area contributed by atoms with Crippen molar-refractivity contribution in [2.45, 2.75) is 45.2 Å². The molecule has 0 spiro atoms. The summed E-state index contributed by atoms with van der Waals surface area (Å²) in [6.45, 7) is 9.81. The first-order valence-electron chi connectivity index (χ1n) is 11.4. The summed E-state index contributed by atoms with van der Waals surface area (Å²) in [5.41, 5.74) is 1.60. The third-order valence-corrected chi connectivity index (χ3v) is 11.6. The van der Waals surface area contributed by atoms with E-state index in [-0.39, 0.29) is 10.5 Å². The van der Waals surface area contributed by atoms with E-state index in [1.54, 1.807) is 0 Å². The van der Waals surface area contributed by atoms with Gasteiger partial charge in [0.25, 0.3) is 8.32 Å². The van der Waals surface area contributed by atoms with Crippen LogP contribution >= 0.6 is 0 Å². The Kier molecular flexibility index (Phi) is 6.47. The molecule has 0 aromatic heterocycles. The highest BCUT2D eigenvalue weighted by atomic mass is 28.4. The molecule has 0 atom stereocenters. The van der Waals surface area contributed by atoms with Crippen molar-refractivity contribution in [3.8, 4) is 0 Å². The smallest absolute Gasteiger partial charge is 0.261 e. The maximum atomic E-state index is 7.20. The molecule has 162 valence electrons.